The Bertz CT molecular complexity index is 535. The van der Waals surface area contributed by atoms with Crippen LogP contribution in [-0.2, 0) is 6.54 Å². The number of fused-ring (bicyclic) bond motifs is 1. The third kappa shape index (κ3) is 1.50. The predicted octanol–water partition coefficient (Wildman–Crippen LogP) is 2.73. The van der Waals surface area contributed by atoms with Crippen LogP contribution < -0.4 is 0 Å². The molecule has 15 heavy (non-hydrogen) atoms. The van der Waals surface area contributed by atoms with Crippen molar-refractivity contribution in [2.45, 2.75) is 13.5 Å². The second-order valence-corrected chi connectivity index (χ2v) is 3.79. The molecule has 5 nitrogen and oxygen atoms in total. The van der Waals surface area contributed by atoms with E-state index in [0.717, 1.165) is 5.52 Å². The van der Waals surface area contributed by atoms with Crippen LogP contribution in [0.3, 0.4) is 0 Å². The average molecular weight is 270 g/mol. The van der Waals surface area contributed by atoms with E-state index in [1.165, 1.54) is 6.07 Å². The predicted molar refractivity (Wildman–Crippen MR) is 59.8 cm³/mol. The van der Waals surface area contributed by atoms with E-state index in [-0.39, 0.29) is 5.69 Å². The zero-order chi connectivity index (χ0) is 11.0. The molecule has 0 saturated carbocycles. The van der Waals surface area contributed by atoms with Gasteiger partial charge in [0.2, 0.25) is 0 Å². The molecule has 0 N–H and O–H groups in total. The number of nitro groups is 1. The maximum absolute atomic E-state index is 10.8. The molecular formula is C9H8BrN3O2. The van der Waals surface area contributed by atoms with Gasteiger partial charge < -0.3 is 0 Å². The highest BCUT2D eigenvalue weighted by Crippen LogP contribution is 2.31. The highest BCUT2D eigenvalue weighted by atomic mass is 79.9. The Balaban J connectivity index is 2.86. The van der Waals surface area contributed by atoms with Crippen molar-refractivity contribution < 1.29 is 4.92 Å². The first kappa shape index (κ1) is 10.1. The van der Waals surface area contributed by atoms with Crippen LogP contribution in [0.1, 0.15) is 6.92 Å². The van der Waals surface area contributed by atoms with E-state index in [0.29, 0.717) is 16.5 Å². The molecule has 0 aliphatic carbocycles. The summed E-state index contributed by atoms with van der Waals surface area (Å²) in [6.45, 7) is 2.63. The number of hydrogen-bond acceptors (Lipinski definition) is 3. The number of aromatic nitrogens is 2. The van der Waals surface area contributed by atoms with E-state index < -0.39 is 4.92 Å². The monoisotopic (exact) mass is 269 g/mol. The van der Waals surface area contributed by atoms with Crippen LogP contribution in [0.15, 0.2) is 22.8 Å². The fraction of sp³-hybridized carbons (Fsp3) is 0.222. The van der Waals surface area contributed by atoms with Crippen molar-refractivity contribution in [3.05, 3.63) is 32.9 Å². The van der Waals surface area contributed by atoms with Crippen molar-refractivity contribution in [2.75, 3.05) is 0 Å². The number of nitrogens with zero attached hydrogens (tertiary/aromatic N) is 3. The van der Waals surface area contributed by atoms with Crippen molar-refractivity contribution in [3.63, 3.8) is 0 Å². The normalized spacial score (nSPS) is 10.8. The number of rotatable bonds is 2. The molecule has 2 aromatic rings. The topological polar surface area (TPSA) is 61.0 Å². The molecule has 0 atom stereocenters. The van der Waals surface area contributed by atoms with E-state index in [1.54, 1.807) is 10.7 Å². The van der Waals surface area contributed by atoms with Crippen LogP contribution in [0.2, 0.25) is 0 Å². The lowest BCUT2D eigenvalue weighted by atomic mass is 10.2. The molecule has 6 heteroatoms. The Kier molecular flexibility index (Phi) is 2.44. The average Bonchev–Trinajstić information content (AvgIpc) is 2.55. The fourth-order valence-electron chi connectivity index (χ4n) is 1.56. The van der Waals surface area contributed by atoms with Gasteiger partial charge in [-0.15, -0.1) is 0 Å². The van der Waals surface area contributed by atoms with E-state index in [1.807, 2.05) is 13.0 Å². The van der Waals surface area contributed by atoms with Crippen molar-refractivity contribution in [1.82, 2.24) is 9.78 Å². The van der Waals surface area contributed by atoms with E-state index in [9.17, 15) is 10.1 Å². The van der Waals surface area contributed by atoms with Crippen molar-refractivity contribution in [3.8, 4) is 0 Å². The molecule has 1 aromatic carbocycles. The number of halogens is 1. The number of aryl methyl sites for hydroxylation is 1. The van der Waals surface area contributed by atoms with Crippen LogP contribution in [-0.4, -0.2) is 14.7 Å². The summed E-state index contributed by atoms with van der Waals surface area (Å²) in [4.78, 5) is 10.4. The van der Waals surface area contributed by atoms with Crippen molar-refractivity contribution in [2.24, 2.45) is 0 Å². The number of benzene rings is 1. The zero-order valence-corrected chi connectivity index (χ0v) is 9.56. The van der Waals surface area contributed by atoms with Crippen LogP contribution in [0.5, 0.6) is 0 Å². The smallest absolute Gasteiger partial charge is 0.264 e. The molecule has 1 aromatic heterocycles. The molecule has 0 bridgehead atoms. The molecule has 0 aliphatic heterocycles. The molecule has 2 rings (SSSR count). The molecule has 0 spiro atoms. The van der Waals surface area contributed by atoms with Gasteiger partial charge in [-0.3, -0.25) is 14.8 Å². The highest BCUT2D eigenvalue weighted by Gasteiger charge is 2.18. The quantitative estimate of drug-likeness (QED) is 0.622. The first-order chi connectivity index (χ1) is 7.15. The third-order valence-corrected chi connectivity index (χ3v) is 2.76. The van der Waals surface area contributed by atoms with Crippen LogP contribution in [0.25, 0.3) is 10.9 Å². The lowest BCUT2D eigenvalue weighted by Crippen LogP contribution is -1.95. The molecule has 0 aliphatic rings. The summed E-state index contributed by atoms with van der Waals surface area (Å²) in [5.74, 6) is 0. The van der Waals surface area contributed by atoms with Gasteiger partial charge in [0, 0.05) is 12.6 Å². The Labute approximate surface area is 94.0 Å². The molecule has 0 radical (unpaired) electrons. The molecule has 0 saturated heterocycles. The number of non-ortho nitro benzene ring substituents is 1. The van der Waals surface area contributed by atoms with Gasteiger partial charge in [0.05, 0.1) is 10.4 Å². The van der Waals surface area contributed by atoms with Gasteiger partial charge in [0.25, 0.3) is 5.69 Å². The second kappa shape index (κ2) is 3.62. The van der Waals surface area contributed by atoms with Crippen molar-refractivity contribution in [1.29, 1.82) is 0 Å². The fourth-order valence-corrected chi connectivity index (χ4v) is 2.16. The molecule has 0 amide bonds. The van der Waals surface area contributed by atoms with Crippen LogP contribution in [0, 0.1) is 10.1 Å². The maximum atomic E-state index is 10.8. The largest absolute Gasteiger partial charge is 0.281 e. The maximum Gasteiger partial charge on any atom is 0.281 e. The van der Waals surface area contributed by atoms with Gasteiger partial charge in [-0.05, 0) is 28.9 Å². The number of hydrogen-bond donors (Lipinski definition) is 0. The SMILES string of the molecule is CCn1nc(Br)c2c([N+](=O)[O-])cccc21. The summed E-state index contributed by atoms with van der Waals surface area (Å²) in [5.41, 5.74) is 0.859. The van der Waals surface area contributed by atoms with Gasteiger partial charge in [0.15, 0.2) is 0 Å². The second-order valence-electron chi connectivity index (χ2n) is 3.03. The van der Waals surface area contributed by atoms with E-state index >= 15 is 0 Å². The van der Waals surface area contributed by atoms with E-state index in [2.05, 4.69) is 21.0 Å². The highest BCUT2D eigenvalue weighted by molar-refractivity contribution is 9.10. The lowest BCUT2D eigenvalue weighted by molar-refractivity contribution is -0.383. The minimum Gasteiger partial charge on any atom is -0.264 e. The Morgan fingerprint density at radius 3 is 2.93 bits per heavy atom. The van der Waals surface area contributed by atoms with Crippen LogP contribution >= 0.6 is 15.9 Å². The molecular weight excluding hydrogens is 262 g/mol. The summed E-state index contributed by atoms with van der Waals surface area (Å²) in [6, 6.07) is 4.97. The lowest BCUT2D eigenvalue weighted by Gasteiger charge is -1.97. The van der Waals surface area contributed by atoms with Crippen LogP contribution in [0.4, 0.5) is 5.69 Å². The summed E-state index contributed by atoms with van der Waals surface area (Å²) >= 11 is 3.24. The van der Waals surface area contributed by atoms with Gasteiger partial charge in [0.1, 0.15) is 9.99 Å². The van der Waals surface area contributed by atoms with Gasteiger partial charge >= 0.3 is 0 Å². The first-order valence-corrected chi connectivity index (χ1v) is 5.24. The molecule has 78 valence electrons. The Morgan fingerprint density at radius 1 is 1.60 bits per heavy atom. The zero-order valence-electron chi connectivity index (χ0n) is 7.98. The molecule has 0 unspecified atom stereocenters. The molecule has 0 fully saturated rings. The summed E-state index contributed by atoms with van der Waals surface area (Å²) in [6.07, 6.45) is 0. The Hall–Kier alpha value is -1.43. The summed E-state index contributed by atoms with van der Waals surface area (Å²) < 4.78 is 2.25. The summed E-state index contributed by atoms with van der Waals surface area (Å²) in [5, 5.41) is 15.6. The molecule has 1 heterocycles. The van der Waals surface area contributed by atoms with Crippen molar-refractivity contribution >= 4 is 32.5 Å². The van der Waals surface area contributed by atoms with E-state index in [4.69, 9.17) is 0 Å². The standard InChI is InChI=1S/C9H8BrN3O2/c1-2-12-6-4-3-5-7(13(14)15)8(6)9(10)11-12/h3-5H,2H2,1H3. The van der Waals surface area contributed by atoms with Gasteiger partial charge in [-0.2, -0.15) is 5.10 Å². The first-order valence-electron chi connectivity index (χ1n) is 4.44. The van der Waals surface area contributed by atoms with Gasteiger partial charge in [-0.1, -0.05) is 6.07 Å². The number of nitro benzene ring substituents is 1. The summed E-state index contributed by atoms with van der Waals surface area (Å²) in [7, 11) is 0. The third-order valence-electron chi connectivity index (χ3n) is 2.21. The van der Waals surface area contributed by atoms with Gasteiger partial charge in [-0.25, -0.2) is 0 Å². The Morgan fingerprint density at radius 2 is 2.33 bits per heavy atom. The minimum atomic E-state index is -0.394. The minimum absolute atomic E-state index is 0.0825.